The third kappa shape index (κ3) is 3.27. The van der Waals surface area contributed by atoms with Gasteiger partial charge in [-0.2, -0.15) is 0 Å². The van der Waals surface area contributed by atoms with Crippen LogP contribution in [0.2, 0.25) is 0 Å². The molecule has 0 saturated heterocycles. The largest absolute Gasteiger partial charge is 0.481 e. The molecule has 29 heavy (non-hydrogen) atoms. The quantitative estimate of drug-likeness (QED) is 0.571. The Morgan fingerprint density at radius 3 is 2.45 bits per heavy atom. The van der Waals surface area contributed by atoms with E-state index < -0.39 is 18.2 Å². The Balaban J connectivity index is 1.58. The molecule has 0 spiro atoms. The lowest BCUT2D eigenvalue weighted by molar-refractivity contribution is -0.212. The first-order chi connectivity index (χ1) is 13.6. The summed E-state index contributed by atoms with van der Waals surface area (Å²) in [5, 5.41) is 41.6. The second-order valence-corrected chi connectivity index (χ2v) is 11.4. The van der Waals surface area contributed by atoms with Crippen molar-refractivity contribution in [2.45, 2.75) is 96.9 Å². The fraction of sp³-hybridized carbons (Fsp3) is 0.958. The molecule has 4 aliphatic rings. The van der Waals surface area contributed by atoms with Gasteiger partial charge in [0, 0.05) is 6.42 Å². The van der Waals surface area contributed by atoms with E-state index in [0.717, 1.165) is 32.1 Å². The van der Waals surface area contributed by atoms with Crippen molar-refractivity contribution in [3.05, 3.63) is 0 Å². The minimum atomic E-state index is -0.713. The molecule has 0 bridgehead atoms. The molecule has 5 nitrogen and oxygen atoms in total. The number of hydrogen-bond acceptors (Lipinski definition) is 4. The first kappa shape index (κ1) is 21.6. The van der Waals surface area contributed by atoms with Crippen molar-refractivity contribution in [2.75, 3.05) is 0 Å². The highest BCUT2D eigenvalue weighted by atomic mass is 16.4. The lowest BCUT2D eigenvalue weighted by Crippen LogP contribution is -2.62. The van der Waals surface area contributed by atoms with Crippen molar-refractivity contribution < 1.29 is 25.2 Å². The number of aliphatic hydroxyl groups excluding tert-OH is 3. The highest BCUT2D eigenvalue weighted by Crippen LogP contribution is 2.68. The topological polar surface area (TPSA) is 98.0 Å². The van der Waals surface area contributed by atoms with Crippen LogP contribution in [0.15, 0.2) is 0 Å². The summed E-state index contributed by atoms with van der Waals surface area (Å²) in [6, 6.07) is 0. The molecule has 4 aliphatic carbocycles. The van der Waals surface area contributed by atoms with Crippen LogP contribution in [0.1, 0.15) is 78.6 Å². The molecule has 4 rings (SSSR count). The van der Waals surface area contributed by atoms with E-state index in [2.05, 4.69) is 20.8 Å². The number of aliphatic carboxylic acids is 1. The fourth-order valence-corrected chi connectivity index (χ4v) is 8.80. The second-order valence-electron chi connectivity index (χ2n) is 11.4. The number of rotatable bonds is 4. The lowest BCUT2D eigenvalue weighted by atomic mass is 9.43. The predicted molar refractivity (Wildman–Crippen MR) is 110 cm³/mol. The zero-order valence-electron chi connectivity index (χ0n) is 18.3. The van der Waals surface area contributed by atoms with E-state index in [4.69, 9.17) is 5.11 Å². The van der Waals surface area contributed by atoms with Crippen LogP contribution in [0.3, 0.4) is 0 Å². The van der Waals surface area contributed by atoms with Crippen molar-refractivity contribution in [3.8, 4) is 0 Å². The summed E-state index contributed by atoms with van der Waals surface area (Å²) >= 11 is 0. The fourth-order valence-electron chi connectivity index (χ4n) is 8.80. The van der Waals surface area contributed by atoms with E-state index in [0.29, 0.717) is 42.9 Å². The molecule has 0 heterocycles. The van der Waals surface area contributed by atoms with Crippen LogP contribution in [0.4, 0.5) is 0 Å². The summed E-state index contributed by atoms with van der Waals surface area (Å²) in [5.74, 6) is 1.36. The van der Waals surface area contributed by atoms with E-state index in [-0.39, 0.29) is 35.2 Å². The molecule has 0 aromatic rings. The van der Waals surface area contributed by atoms with Crippen molar-refractivity contribution in [1.29, 1.82) is 0 Å². The number of fused-ring (bicyclic) bond motifs is 5. The molecule has 5 heteroatoms. The van der Waals surface area contributed by atoms with Gasteiger partial charge in [0.1, 0.15) is 0 Å². The Bertz CT molecular complexity index is 637. The zero-order chi connectivity index (χ0) is 21.1. The van der Waals surface area contributed by atoms with Crippen molar-refractivity contribution in [2.24, 2.45) is 46.3 Å². The maximum Gasteiger partial charge on any atom is 0.303 e. The Morgan fingerprint density at radius 2 is 1.76 bits per heavy atom. The third-order valence-corrected chi connectivity index (χ3v) is 10.3. The van der Waals surface area contributed by atoms with Crippen molar-refractivity contribution in [3.63, 3.8) is 0 Å². The van der Waals surface area contributed by atoms with Gasteiger partial charge in [0.05, 0.1) is 18.3 Å². The van der Waals surface area contributed by atoms with Gasteiger partial charge in [0.25, 0.3) is 0 Å². The normalized spacial score (nSPS) is 52.9. The van der Waals surface area contributed by atoms with Gasteiger partial charge in [-0.15, -0.1) is 0 Å². The molecular weight excluding hydrogens is 368 g/mol. The highest BCUT2D eigenvalue weighted by Gasteiger charge is 2.64. The zero-order valence-corrected chi connectivity index (χ0v) is 18.3. The number of hydrogen-bond donors (Lipinski definition) is 4. The first-order valence-corrected chi connectivity index (χ1v) is 11.8. The summed E-state index contributed by atoms with van der Waals surface area (Å²) in [7, 11) is 0. The predicted octanol–water partition coefficient (Wildman–Crippen LogP) is 3.45. The van der Waals surface area contributed by atoms with Gasteiger partial charge >= 0.3 is 5.97 Å². The van der Waals surface area contributed by atoms with Crippen LogP contribution in [0.25, 0.3) is 0 Å². The summed E-state index contributed by atoms with van der Waals surface area (Å²) in [6.45, 7) is 6.83. The maximum atomic E-state index is 11.3. The van der Waals surface area contributed by atoms with Crippen LogP contribution >= 0.6 is 0 Å². The van der Waals surface area contributed by atoms with Gasteiger partial charge in [-0.05, 0) is 97.7 Å². The second kappa shape index (κ2) is 7.49. The third-order valence-electron chi connectivity index (χ3n) is 10.3. The molecule has 0 aromatic heterocycles. The van der Waals surface area contributed by atoms with E-state index in [1.54, 1.807) is 0 Å². The van der Waals surface area contributed by atoms with Crippen LogP contribution in [0, 0.1) is 46.3 Å². The van der Waals surface area contributed by atoms with Gasteiger partial charge in [-0.1, -0.05) is 20.8 Å². The average molecular weight is 409 g/mol. The van der Waals surface area contributed by atoms with Crippen LogP contribution in [-0.2, 0) is 4.79 Å². The summed E-state index contributed by atoms with van der Waals surface area (Å²) in [6.07, 6.45) is 5.88. The Morgan fingerprint density at radius 1 is 1.03 bits per heavy atom. The lowest BCUT2D eigenvalue weighted by Gasteiger charge is -2.63. The summed E-state index contributed by atoms with van der Waals surface area (Å²) in [5.41, 5.74) is -0.0557. The number of carboxylic acid groups (broad SMARTS) is 1. The molecule has 4 fully saturated rings. The Labute approximate surface area is 174 Å². The minimum absolute atomic E-state index is 0.155. The molecule has 0 radical (unpaired) electrons. The molecule has 0 amide bonds. The van der Waals surface area contributed by atoms with Gasteiger partial charge in [0.15, 0.2) is 0 Å². The Kier molecular flexibility index (Phi) is 5.57. The minimum Gasteiger partial charge on any atom is -0.481 e. The molecule has 0 aromatic carbocycles. The van der Waals surface area contributed by atoms with Crippen LogP contribution < -0.4 is 0 Å². The van der Waals surface area contributed by atoms with Gasteiger partial charge < -0.3 is 20.4 Å². The van der Waals surface area contributed by atoms with E-state index in [9.17, 15) is 20.1 Å². The van der Waals surface area contributed by atoms with E-state index in [1.165, 1.54) is 0 Å². The SMILES string of the molecule is C[C@H](CCC(=O)O)[C@H]1CC[C@H]2[C@@H]3[C@H](O)C[C@@H]4C[C@H](O)C[C@@H](O)[C@]4(C)[C@@H]3CC[C@]12C. The molecule has 4 N–H and O–H groups in total. The monoisotopic (exact) mass is 408 g/mol. The number of carbonyl (C=O) groups is 1. The van der Waals surface area contributed by atoms with Crippen LogP contribution in [0.5, 0.6) is 0 Å². The molecule has 0 aliphatic heterocycles. The number of carboxylic acids is 1. The number of aliphatic hydroxyl groups is 3. The maximum absolute atomic E-state index is 11.3. The van der Waals surface area contributed by atoms with Gasteiger partial charge in [-0.3, -0.25) is 4.79 Å². The average Bonchev–Trinajstić information content (AvgIpc) is 2.99. The highest BCUT2D eigenvalue weighted by molar-refractivity contribution is 5.66. The summed E-state index contributed by atoms with van der Waals surface area (Å²) in [4.78, 5) is 11.1. The van der Waals surface area contributed by atoms with E-state index >= 15 is 0 Å². The van der Waals surface area contributed by atoms with Gasteiger partial charge in [0.2, 0.25) is 0 Å². The van der Waals surface area contributed by atoms with Crippen molar-refractivity contribution >= 4 is 5.97 Å². The molecule has 11 atom stereocenters. The van der Waals surface area contributed by atoms with E-state index in [1.807, 2.05) is 0 Å². The van der Waals surface area contributed by atoms with Crippen molar-refractivity contribution in [1.82, 2.24) is 0 Å². The smallest absolute Gasteiger partial charge is 0.303 e. The molecule has 166 valence electrons. The molecular formula is C24H40O5. The summed E-state index contributed by atoms with van der Waals surface area (Å²) < 4.78 is 0. The Hall–Kier alpha value is -0.650. The van der Waals surface area contributed by atoms with Crippen LogP contribution in [-0.4, -0.2) is 44.7 Å². The van der Waals surface area contributed by atoms with Gasteiger partial charge in [-0.25, -0.2) is 0 Å². The first-order valence-electron chi connectivity index (χ1n) is 11.8. The molecule has 0 unspecified atom stereocenters. The molecule has 4 saturated carbocycles. The standard InChI is InChI=1S/C24H40O5/c1-13(4-7-21(28)29)16-5-6-17-22-18(8-9-23(16,17)2)24(3)14(11-19(22)26)10-15(25)12-20(24)27/h13-20,22,25-27H,4-12H2,1-3H3,(H,28,29)/t13-,14+,15+,16-,17+,18-,19-,20-,22+,23-,24+/m1/s1.